The highest BCUT2D eigenvalue weighted by Gasteiger charge is 2.20. The largest absolute Gasteiger partial charge is 0.464 e. The molecule has 7 heteroatoms. The maximum absolute atomic E-state index is 11.9. The molecular formula is C14H16N2O4S. The molecule has 2 aromatic rings. The molecule has 0 atom stereocenters. The van der Waals surface area contributed by atoms with E-state index in [2.05, 4.69) is 5.10 Å². The quantitative estimate of drug-likeness (QED) is 0.804. The number of hydrogen-bond donors (Lipinski definition) is 0. The minimum atomic E-state index is -3.24. The summed E-state index contributed by atoms with van der Waals surface area (Å²) in [5.74, 6) is -0.475. The minimum Gasteiger partial charge on any atom is -0.464 e. The molecule has 0 fully saturated rings. The Balaban J connectivity index is 2.52. The summed E-state index contributed by atoms with van der Waals surface area (Å²) < 4.78 is 29.3. The fourth-order valence-corrected chi connectivity index (χ4v) is 2.66. The lowest BCUT2D eigenvalue weighted by molar-refractivity contribution is 0.0587. The van der Waals surface area contributed by atoms with Gasteiger partial charge < -0.3 is 4.74 Å². The van der Waals surface area contributed by atoms with E-state index in [9.17, 15) is 13.2 Å². The van der Waals surface area contributed by atoms with Crippen LogP contribution in [0.5, 0.6) is 0 Å². The third-order valence-corrected chi connectivity index (χ3v) is 4.24. The van der Waals surface area contributed by atoms with Crippen molar-refractivity contribution in [3.05, 3.63) is 36.2 Å². The molecule has 0 spiro atoms. The van der Waals surface area contributed by atoms with Crippen molar-refractivity contribution in [1.82, 2.24) is 9.78 Å². The number of sulfone groups is 1. The van der Waals surface area contributed by atoms with E-state index >= 15 is 0 Å². The number of esters is 1. The normalized spacial score (nSPS) is 11.4. The van der Waals surface area contributed by atoms with E-state index in [0.29, 0.717) is 23.4 Å². The second kappa shape index (κ2) is 5.69. The zero-order valence-electron chi connectivity index (χ0n) is 12.0. The van der Waals surface area contributed by atoms with Crippen molar-refractivity contribution in [2.24, 2.45) is 0 Å². The summed E-state index contributed by atoms with van der Waals surface area (Å²) in [5, 5.41) is 4.15. The summed E-state index contributed by atoms with van der Waals surface area (Å²) in [6, 6.07) is 6.32. The first-order chi connectivity index (χ1) is 9.88. The fraction of sp³-hybridized carbons (Fsp3) is 0.286. The summed E-state index contributed by atoms with van der Waals surface area (Å²) >= 11 is 0. The molecule has 0 N–H and O–H groups in total. The molecule has 2 rings (SSSR count). The highest BCUT2D eigenvalue weighted by molar-refractivity contribution is 7.90. The number of hydrogen-bond acceptors (Lipinski definition) is 5. The Hall–Kier alpha value is -2.15. The SMILES string of the molecule is CCn1ncc(-c2ccc(S(C)(=O)=O)cc2)c1C(=O)OC. The molecular weight excluding hydrogens is 292 g/mol. The summed E-state index contributed by atoms with van der Waals surface area (Å²) in [5.41, 5.74) is 1.68. The predicted molar refractivity (Wildman–Crippen MR) is 77.8 cm³/mol. The lowest BCUT2D eigenvalue weighted by Crippen LogP contribution is -2.11. The number of methoxy groups -OCH3 is 1. The third-order valence-electron chi connectivity index (χ3n) is 3.11. The van der Waals surface area contributed by atoms with Crippen LogP contribution in [0.4, 0.5) is 0 Å². The number of carbonyl (C=O) groups is 1. The smallest absolute Gasteiger partial charge is 0.356 e. The van der Waals surface area contributed by atoms with Gasteiger partial charge in [0.1, 0.15) is 0 Å². The summed E-state index contributed by atoms with van der Waals surface area (Å²) in [6.45, 7) is 2.40. The number of aryl methyl sites for hydroxylation is 1. The molecule has 0 saturated carbocycles. The Labute approximate surface area is 123 Å². The number of nitrogens with zero attached hydrogens (tertiary/aromatic N) is 2. The van der Waals surface area contributed by atoms with E-state index in [1.54, 1.807) is 23.0 Å². The molecule has 0 amide bonds. The summed E-state index contributed by atoms with van der Waals surface area (Å²) in [4.78, 5) is 12.1. The first kappa shape index (κ1) is 15.2. The number of rotatable bonds is 4. The number of aromatic nitrogens is 2. The molecule has 1 aromatic carbocycles. The highest BCUT2D eigenvalue weighted by Crippen LogP contribution is 2.25. The van der Waals surface area contributed by atoms with Gasteiger partial charge in [-0.05, 0) is 24.6 Å². The molecule has 21 heavy (non-hydrogen) atoms. The standard InChI is InChI=1S/C14H16N2O4S/c1-4-16-13(14(17)20-2)12(9-15-16)10-5-7-11(8-6-10)21(3,18)19/h5-9H,4H2,1-3H3. The maximum Gasteiger partial charge on any atom is 0.356 e. The monoisotopic (exact) mass is 308 g/mol. The van der Waals surface area contributed by atoms with Gasteiger partial charge in [-0.15, -0.1) is 0 Å². The van der Waals surface area contributed by atoms with Gasteiger partial charge in [0.2, 0.25) is 0 Å². The van der Waals surface area contributed by atoms with Crippen molar-refractivity contribution in [1.29, 1.82) is 0 Å². The topological polar surface area (TPSA) is 78.3 Å². The number of ether oxygens (including phenoxy) is 1. The molecule has 6 nitrogen and oxygen atoms in total. The molecule has 0 aliphatic carbocycles. The van der Waals surface area contributed by atoms with Crippen molar-refractivity contribution in [2.45, 2.75) is 18.4 Å². The molecule has 0 aliphatic heterocycles. The first-order valence-electron chi connectivity index (χ1n) is 6.33. The highest BCUT2D eigenvalue weighted by atomic mass is 32.2. The van der Waals surface area contributed by atoms with Gasteiger partial charge in [0, 0.05) is 18.4 Å². The fourth-order valence-electron chi connectivity index (χ4n) is 2.03. The van der Waals surface area contributed by atoms with Gasteiger partial charge in [-0.3, -0.25) is 4.68 Å². The average molecular weight is 308 g/mol. The van der Waals surface area contributed by atoms with Gasteiger partial charge in [-0.2, -0.15) is 5.10 Å². The number of benzene rings is 1. The molecule has 1 heterocycles. The van der Waals surface area contributed by atoms with E-state index in [0.717, 1.165) is 6.26 Å². The van der Waals surface area contributed by atoms with Crippen LogP contribution in [0.1, 0.15) is 17.4 Å². The van der Waals surface area contributed by atoms with E-state index in [1.165, 1.54) is 19.2 Å². The third kappa shape index (κ3) is 2.97. The van der Waals surface area contributed by atoms with Gasteiger partial charge in [0.05, 0.1) is 18.2 Å². The van der Waals surface area contributed by atoms with Crippen LogP contribution in [0.25, 0.3) is 11.1 Å². The van der Waals surface area contributed by atoms with Crippen molar-refractivity contribution in [2.75, 3.05) is 13.4 Å². The van der Waals surface area contributed by atoms with Crippen molar-refractivity contribution >= 4 is 15.8 Å². The van der Waals surface area contributed by atoms with Gasteiger partial charge in [-0.25, -0.2) is 13.2 Å². The zero-order valence-corrected chi connectivity index (χ0v) is 12.8. The minimum absolute atomic E-state index is 0.230. The van der Waals surface area contributed by atoms with Crippen molar-refractivity contribution < 1.29 is 17.9 Å². The van der Waals surface area contributed by atoms with Crippen molar-refractivity contribution in [3.8, 4) is 11.1 Å². The van der Waals surface area contributed by atoms with Gasteiger partial charge in [-0.1, -0.05) is 12.1 Å². The molecule has 0 saturated heterocycles. The Morgan fingerprint density at radius 1 is 1.29 bits per heavy atom. The van der Waals surface area contributed by atoms with Crippen LogP contribution < -0.4 is 0 Å². The molecule has 1 aromatic heterocycles. The van der Waals surface area contributed by atoms with Crippen LogP contribution in [0.2, 0.25) is 0 Å². The summed E-state index contributed by atoms with van der Waals surface area (Å²) in [7, 11) is -1.93. The first-order valence-corrected chi connectivity index (χ1v) is 8.22. The number of carbonyl (C=O) groups excluding carboxylic acids is 1. The lowest BCUT2D eigenvalue weighted by atomic mass is 10.1. The molecule has 0 unspecified atom stereocenters. The van der Waals surface area contributed by atoms with E-state index in [4.69, 9.17) is 4.74 Å². The van der Waals surface area contributed by atoms with Crippen LogP contribution in [0.15, 0.2) is 35.4 Å². The predicted octanol–water partition coefficient (Wildman–Crippen LogP) is 1.76. The second-order valence-electron chi connectivity index (χ2n) is 4.51. The second-order valence-corrected chi connectivity index (χ2v) is 6.53. The van der Waals surface area contributed by atoms with Gasteiger partial charge in [0.25, 0.3) is 0 Å². The van der Waals surface area contributed by atoms with Crippen LogP contribution in [-0.2, 0) is 21.1 Å². The van der Waals surface area contributed by atoms with Gasteiger partial charge in [0.15, 0.2) is 15.5 Å². The molecule has 0 aliphatic rings. The van der Waals surface area contributed by atoms with Crippen LogP contribution in [-0.4, -0.2) is 37.5 Å². The van der Waals surface area contributed by atoms with Gasteiger partial charge >= 0.3 is 5.97 Å². The van der Waals surface area contributed by atoms with Crippen molar-refractivity contribution in [3.63, 3.8) is 0 Å². The Morgan fingerprint density at radius 3 is 2.38 bits per heavy atom. The molecule has 0 bridgehead atoms. The molecule has 112 valence electrons. The Kier molecular flexibility index (Phi) is 4.13. The average Bonchev–Trinajstić information content (AvgIpc) is 2.89. The molecule has 0 radical (unpaired) electrons. The lowest BCUT2D eigenvalue weighted by Gasteiger charge is -2.06. The Morgan fingerprint density at radius 2 is 1.90 bits per heavy atom. The van der Waals surface area contributed by atoms with Crippen LogP contribution in [0.3, 0.4) is 0 Å². The van der Waals surface area contributed by atoms with E-state index < -0.39 is 15.8 Å². The maximum atomic E-state index is 11.9. The van der Waals surface area contributed by atoms with E-state index in [1.807, 2.05) is 6.92 Å². The van der Waals surface area contributed by atoms with Crippen LogP contribution >= 0.6 is 0 Å². The zero-order chi connectivity index (χ0) is 15.6. The summed E-state index contributed by atoms with van der Waals surface area (Å²) in [6.07, 6.45) is 2.72. The Bertz CT molecular complexity index is 761. The van der Waals surface area contributed by atoms with E-state index in [-0.39, 0.29) is 4.90 Å². The van der Waals surface area contributed by atoms with Crippen LogP contribution in [0, 0.1) is 0 Å².